The van der Waals surface area contributed by atoms with Crippen molar-refractivity contribution in [2.45, 2.75) is 76.2 Å². The Bertz CT molecular complexity index is 1650. The minimum atomic E-state index is -1.73. The number of hydrogen-bond donors (Lipinski definition) is 5. The van der Waals surface area contributed by atoms with Crippen molar-refractivity contribution >= 4 is 40.2 Å². The van der Waals surface area contributed by atoms with Gasteiger partial charge in [-0.05, 0) is 44.4 Å². The number of ether oxygens (including phenoxy) is 1. The Morgan fingerprint density at radius 3 is 2.31 bits per heavy atom. The van der Waals surface area contributed by atoms with Crippen LogP contribution in [0.2, 0.25) is 0 Å². The molecule has 240 valence electrons. The van der Waals surface area contributed by atoms with Crippen molar-refractivity contribution in [1.29, 1.82) is 0 Å². The number of piperazine rings is 1. The van der Waals surface area contributed by atoms with Crippen molar-refractivity contribution in [3.05, 3.63) is 46.0 Å². The lowest BCUT2D eigenvalue weighted by Gasteiger charge is -2.46. The van der Waals surface area contributed by atoms with Gasteiger partial charge in [0.15, 0.2) is 11.9 Å². The number of anilines is 3. The smallest absolute Gasteiger partial charge is 0.335 e. The van der Waals surface area contributed by atoms with Crippen molar-refractivity contribution in [2.24, 2.45) is 0 Å². The van der Waals surface area contributed by atoms with Crippen LogP contribution in [0, 0.1) is 6.92 Å². The minimum Gasteiger partial charge on any atom is -0.479 e. The van der Waals surface area contributed by atoms with E-state index in [4.69, 9.17) is 9.72 Å². The van der Waals surface area contributed by atoms with Crippen LogP contribution in [0.15, 0.2) is 29.3 Å². The number of aliphatic carboxylic acids is 1. The van der Waals surface area contributed by atoms with Crippen molar-refractivity contribution in [1.82, 2.24) is 24.4 Å². The molecular weight excluding hydrogens is 586 g/mol. The molecule has 15 nitrogen and oxygen atoms in total. The molecule has 6 rings (SSSR count). The summed E-state index contributed by atoms with van der Waals surface area (Å²) in [6.07, 6.45) is -0.482. The highest BCUT2D eigenvalue weighted by atomic mass is 16.6. The number of nitrogens with zero attached hydrogens (tertiary/aromatic N) is 6. The maximum atomic E-state index is 13.5. The van der Waals surface area contributed by atoms with Crippen LogP contribution in [0.25, 0.3) is 11.0 Å². The number of hydrogen-bond acceptors (Lipinski definition) is 13. The van der Waals surface area contributed by atoms with E-state index in [0.29, 0.717) is 48.6 Å². The van der Waals surface area contributed by atoms with Crippen LogP contribution in [0.5, 0.6) is 0 Å². The molecule has 3 aromatic heterocycles. The highest BCUT2D eigenvalue weighted by Gasteiger charge is 2.49. The van der Waals surface area contributed by atoms with E-state index in [2.05, 4.69) is 20.2 Å². The normalized spacial score (nSPS) is 26.3. The third kappa shape index (κ3) is 5.77. The van der Waals surface area contributed by atoms with Crippen LogP contribution in [0.4, 0.5) is 17.5 Å². The number of aromatic nitrogens is 4. The van der Waals surface area contributed by atoms with Gasteiger partial charge in [0.2, 0.25) is 5.95 Å². The van der Waals surface area contributed by atoms with Gasteiger partial charge in [-0.25, -0.2) is 14.8 Å². The molecule has 3 aliphatic rings. The number of carboxylic acids is 1. The third-order valence-electron chi connectivity index (χ3n) is 9.11. The first-order valence-corrected chi connectivity index (χ1v) is 15.1. The first-order chi connectivity index (χ1) is 21.5. The van der Waals surface area contributed by atoms with E-state index in [9.17, 15) is 34.8 Å². The van der Waals surface area contributed by atoms with Gasteiger partial charge in [-0.3, -0.25) is 19.1 Å². The Labute approximate surface area is 258 Å². The summed E-state index contributed by atoms with van der Waals surface area (Å²) in [5.74, 6) is -0.916. The molecule has 45 heavy (non-hydrogen) atoms. The highest BCUT2D eigenvalue weighted by Crippen LogP contribution is 2.32. The molecule has 2 aliphatic heterocycles. The number of carbonyl (C=O) groups excluding carboxylic acids is 1. The number of nitrogens with one attached hydrogen (secondary N) is 1. The van der Waals surface area contributed by atoms with Gasteiger partial charge < -0.3 is 35.4 Å². The summed E-state index contributed by atoms with van der Waals surface area (Å²) in [6.45, 7) is 5.02. The van der Waals surface area contributed by atoms with Crippen molar-refractivity contribution < 1.29 is 34.8 Å². The van der Waals surface area contributed by atoms with E-state index in [0.717, 1.165) is 31.4 Å². The Morgan fingerprint density at radius 1 is 0.978 bits per heavy atom. The molecule has 0 spiro atoms. The van der Waals surface area contributed by atoms with Crippen molar-refractivity contribution in [3.8, 4) is 0 Å². The first-order valence-electron chi connectivity index (χ1n) is 15.1. The monoisotopic (exact) mass is 623 g/mol. The van der Waals surface area contributed by atoms with E-state index < -0.39 is 36.6 Å². The first kappa shape index (κ1) is 31.0. The summed E-state index contributed by atoms with van der Waals surface area (Å²) in [7, 11) is 0. The van der Waals surface area contributed by atoms with Crippen LogP contribution in [0.1, 0.15) is 54.6 Å². The molecule has 0 bridgehead atoms. The summed E-state index contributed by atoms with van der Waals surface area (Å²) in [6, 6.07) is 3.64. The number of rotatable bonds is 7. The summed E-state index contributed by atoms with van der Waals surface area (Å²) in [5, 5.41) is 43.7. The predicted molar refractivity (Wildman–Crippen MR) is 162 cm³/mol. The maximum Gasteiger partial charge on any atom is 0.335 e. The molecule has 0 aromatic carbocycles. The van der Waals surface area contributed by atoms with Crippen molar-refractivity contribution in [2.75, 3.05) is 36.4 Å². The van der Waals surface area contributed by atoms with Gasteiger partial charge >= 0.3 is 5.97 Å². The van der Waals surface area contributed by atoms with Gasteiger partial charge in [0.25, 0.3) is 5.56 Å². The SMILES string of the molecule is CC(=O)c1c(C)c2cnc(Nc3ccc(N4CCN(C5OC(C(=O)O)C(O)C(O)C5O)CC4)cn3)nc2n(C2CCCC2)c1=O. The van der Waals surface area contributed by atoms with Crippen LogP contribution in [0.3, 0.4) is 0 Å². The van der Waals surface area contributed by atoms with Crippen LogP contribution in [-0.4, -0.2) is 113 Å². The molecule has 1 saturated carbocycles. The molecule has 5 N–H and O–H groups in total. The second-order valence-corrected chi connectivity index (χ2v) is 11.9. The van der Waals surface area contributed by atoms with Gasteiger partial charge in [-0.15, -0.1) is 0 Å². The molecule has 0 radical (unpaired) electrons. The van der Waals surface area contributed by atoms with Gasteiger partial charge in [0, 0.05) is 43.8 Å². The molecule has 5 atom stereocenters. The number of aliphatic hydroxyl groups is 3. The molecule has 5 unspecified atom stereocenters. The molecular formula is C30H37N7O8. The fraction of sp³-hybridized carbons (Fsp3) is 0.533. The molecule has 2 saturated heterocycles. The second kappa shape index (κ2) is 12.4. The number of Topliss-reactive ketones (excluding diaryl/α,β-unsaturated/α-hetero) is 1. The van der Waals surface area contributed by atoms with Gasteiger partial charge in [-0.2, -0.15) is 4.98 Å². The van der Waals surface area contributed by atoms with Crippen molar-refractivity contribution in [3.63, 3.8) is 0 Å². The summed E-state index contributed by atoms with van der Waals surface area (Å²) < 4.78 is 7.13. The fourth-order valence-corrected chi connectivity index (χ4v) is 6.67. The van der Waals surface area contributed by atoms with Crippen LogP contribution < -0.4 is 15.8 Å². The zero-order valence-electron chi connectivity index (χ0n) is 25.0. The lowest BCUT2D eigenvalue weighted by Crippen LogP contribution is -2.66. The summed E-state index contributed by atoms with van der Waals surface area (Å²) in [4.78, 5) is 54.8. The van der Waals surface area contributed by atoms with E-state index in [-0.39, 0.29) is 28.9 Å². The van der Waals surface area contributed by atoms with Gasteiger partial charge in [-0.1, -0.05) is 12.8 Å². The average Bonchev–Trinajstić information content (AvgIpc) is 3.55. The number of ketones is 1. The largest absolute Gasteiger partial charge is 0.479 e. The third-order valence-corrected chi connectivity index (χ3v) is 9.11. The topological polar surface area (TPSA) is 203 Å². The fourth-order valence-electron chi connectivity index (χ4n) is 6.67. The minimum absolute atomic E-state index is 0.0254. The zero-order valence-corrected chi connectivity index (χ0v) is 25.0. The van der Waals surface area contributed by atoms with E-state index in [1.54, 1.807) is 34.9 Å². The number of aryl methyl sites for hydroxylation is 1. The zero-order chi connectivity index (χ0) is 32.0. The summed E-state index contributed by atoms with van der Waals surface area (Å²) in [5.41, 5.74) is 1.77. The molecule has 3 aromatic rings. The van der Waals surface area contributed by atoms with E-state index in [1.165, 1.54) is 6.92 Å². The molecule has 15 heteroatoms. The van der Waals surface area contributed by atoms with E-state index in [1.807, 2.05) is 6.07 Å². The average molecular weight is 624 g/mol. The van der Waals surface area contributed by atoms with Gasteiger partial charge in [0.05, 0.1) is 17.4 Å². The summed E-state index contributed by atoms with van der Waals surface area (Å²) >= 11 is 0. The lowest BCUT2D eigenvalue weighted by atomic mass is 9.97. The number of fused-ring (bicyclic) bond motifs is 1. The molecule has 1 aliphatic carbocycles. The second-order valence-electron chi connectivity index (χ2n) is 11.9. The molecule has 5 heterocycles. The maximum absolute atomic E-state index is 13.5. The number of carboxylic acid groups (broad SMARTS) is 1. The quantitative estimate of drug-likeness (QED) is 0.229. The molecule has 3 fully saturated rings. The number of pyridine rings is 2. The van der Waals surface area contributed by atoms with Crippen LogP contribution in [-0.2, 0) is 9.53 Å². The Morgan fingerprint density at radius 2 is 1.69 bits per heavy atom. The standard InChI is InChI=1S/C30H37N7O8/c1-15-19-14-32-30(34-26(19)37(17-5-3-4-6-17)27(42)21(15)16(2)38)33-20-8-7-18(13-31-20)35-9-11-36(12-10-35)28-24(41)22(39)23(40)25(45-28)29(43)44/h7-8,13-14,17,22-25,28,39-41H,3-6,9-12H2,1-2H3,(H,43,44)(H,31,32,33,34). The number of aliphatic hydroxyl groups excluding tert-OH is 3. The Kier molecular flexibility index (Phi) is 8.54. The lowest BCUT2D eigenvalue weighted by molar-refractivity contribution is -0.260. The van der Waals surface area contributed by atoms with Gasteiger partial charge in [0.1, 0.15) is 36.0 Å². The Hall–Kier alpha value is -4.02. The van der Waals surface area contributed by atoms with Crippen LogP contribution >= 0.6 is 0 Å². The predicted octanol–water partition coefficient (Wildman–Crippen LogP) is 0.570. The molecule has 0 amide bonds. The Balaban J connectivity index is 1.16. The number of carbonyl (C=O) groups is 2. The highest BCUT2D eigenvalue weighted by molar-refractivity contribution is 5.99. The van der Waals surface area contributed by atoms with E-state index >= 15 is 0 Å².